The molecule has 0 aliphatic carbocycles. The standard InChI is InChI=1S/C24H24N2O6S/c1-31-21-14-20(26-24(28)18-11-9-16(10-12-18)15-33(3,29)30)22(32-2)13-19(21)25-23(27)17-7-5-4-6-8-17/h4-14H,15H2,1-3H3,(H,25,27)(H,26,28). The SMILES string of the molecule is COc1cc(NC(=O)c2ccc(CS(C)(=O)=O)cc2)c(OC)cc1NC(=O)c1ccccc1. The average molecular weight is 469 g/mol. The molecule has 3 aromatic carbocycles. The minimum atomic E-state index is -3.17. The van der Waals surface area contributed by atoms with Gasteiger partial charge in [-0.3, -0.25) is 9.59 Å². The highest BCUT2D eigenvalue weighted by Gasteiger charge is 2.17. The van der Waals surface area contributed by atoms with Crippen LogP contribution in [0.2, 0.25) is 0 Å². The number of rotatable bonds is 8. The second-order valence-corrected chi connectivity index (χ2v) is 9.43. The van der Waals surface area contributed by atoms with Crippen LogP contribution in [0.1, 0.15) is 26.3 Å². The molecular weight excluding hydrogens is 444 g/mol. The average Bonchev–Trinajstić information content (AvgIpc) is 2.79. The predicted molar refractivity (Wildman–Crippen MR) is 127 cm³/mol. The van der Waals surface area contributed by atoms with Gasteiger partial charge in [0.25, 0.3) is 11.8 Å². The number of methoxy groups -OCH3 is 2. The first-order chi connectivity index (χ1) is 15.7. The maximum atomic E-state index is 12.7. The van der Waals surface area contributed by atoms with Crippen LogP contribution in [0, 0.1) is 0 Å². The summed E-state index contributed by atoms with van der Waals surface area (Å²) in [5.41, 5.74) is 2.14. The molecule has 0 radical (unpaired) electrons. The normalized spacial score (nSPS) is 10.9. The van der Waals surface area contributed by atoms with Gasteiger partial charge in [0, 0.05) is 29.5 Å². The molecule has 0 heterocycles. The van der Waals surface area contributed by atoms with E-state index in [1.165, 1.54) is 14.2 Å². The summed E-state index contributed by atoms with van der Waals surface area (Å²) in [7, 11) is -0.272. The van der Waals surface area contributed by atoms with Gasteiger partial charge in [0.1, 0.15) is 11.5 Å². The molecule has 3 rings (SSSR count). The van der Waals surface area contributed by atoms with E-state index < -0.39 is 15.7 Å². The zero-order valence-corrected chi connectivity index (χ0v) is 19.2. The lowest BCUT2D eigenvalue weighted by molar-refractivity contribution is 0.101. The lowest BCUT2D eigenvalue weighted by Crippen LogP contribution is -2.15. The van der Waals surface area contributed by atoms with Crippen LogP contribution in [-0.4, -0.2) is 40.7 Å². The smallest absolute Gasteiger partial charge is 0.255 e. The van der Waals surface area contributed by atoms with E-state index in [0.717, 1.165) is 6.26 Å². The Morgan fingerprint density at radius 1 is 0.758 bits per heavy atom. The van der Waals surface area contributed by atoms with E-state index in [9.17, 15) is 18.0 Å². The van der Waals surface area contributed by atoms with Crippen molar-refractivity contribution < 1.29 is 27.5 Å². The molecule has 0 fully saturated rings. The molecule has 0 bridgehead atoms. The number of carbonyl (C=O) groups is 2. The molecule has 0 aliphatic rings. The van der Waals surface area contributed by atoms with E-state index in [4.69, 9.17) is 9.47 Å². The molecule has 3 aromatic rings. The fourth-order valence-electron chi connectivity index (χ4n) is 3.13. The monoisotopic (exact) mass is 468 g/mol. The van der Waals surface area contributed by atoms with Crippen molar-refractivity contribution in [3.8, 4) is 11.5 Å². The van der Waals surface area contributed by atoms with E-state index in [1.807, 2.05) is 6.07 Å². The zero-order valence-electron chi connectivity index (χ0n) is 18.4. The lowest BCUT2D eigenvalue weighted by Gasteiger charge is -2.16. The molecule has 0 saturated heterocycles. The van der Waals surface area contributed by atoms with Gasteiger partial charge in [-0.15, -0.1) is 0 Å². The van der Waals surface area contributed by atoms with E-state index >= 15 is 0 Å². The molecule has 0 unspecified atom stereocenters. The van der Waals surface area contributed by atoms with Crippen molar-refractivity contribution in [3.05, 3.63) is 83.4 Å². The molecule has 0 aromatic heterocycles. The second kappa shape index (κ2) is 10.2. The molecule has 172 valence electrons. The number of nitrogens with one attached hydrogen (secondary N) is 2. The van der Waals surface area contributed by atoms with Crippen molar-refractivity contribution in [1.29, 1.82) is 0 Å². The molecule has 0 atom stereocenters. The fourth-order valence-corrected chi connectivity index (χ4v) is 3.92. The Morgan fingerprint density at radius 3 is 1.64 bits per heavy atom. The Hall–Kier alpha value is -3.85. The van der Waals surface area contributed by atoms with Crippen LogP contribution in [0.5, 0.6) is 11.5 Å². The summed E-state index contributed by atoms with van der Waals surface area (Å²) in [6.45, 7) is 0. The first kappa shape index (κ1) is 23.8. The van der Waals surface area contributed by atoms with Gasteiger partial charge >= 0.3 is 0 Å². The largest absolute Gasteiger partial charge is 0.494 e. The number of ether oxygens (including phenoxy) is 2. The first-order valence-electron chi connectivity index (χ1n) is 9.90. The molecule has 0 spiro atoms. The van der Waals surface area contributed by atoms with Crippen molar-refractivity contribution in [2.45, 2.75) is 5.75 Å². The van der Waals surface area contributed by atoms with E-state index in [2.05, 4.69) is 10.6 Å². The third-order valence-corrected chi connectivity index (χ3v) is 5.56. The molecule has 0 saturated carbocycles. The van der Waals surface area contributed by atoms with Crippen molar-refractivity contribution in [2.75, 3.05) is 31.1 Å². The molecule has 0 aliphatic heterocycles. The summed E-state index contributed by atoms with van der Waals surface area (Å²) >= 11 is 0. The summed E-state index contributed by atoms with van der Waals surface area (Å²) < 4.78 is 33.7. The minimum absolute atomic E-state index is 0.101. The third kappa shape index (κ3) is 6.33. The Bertz CT molecular complexity index is 1260. The van der Waals surface area contributed by atoms with Gasteiger partial charge in [-0.2, -0.15) is 0 Å². The Kier molecular flexibility index (Phi) is 7.34. The number of sulfone groups is 1. The summed E-state index contributed by atoms with van der Waals surface area (Å²) in [6.07, 6.45) is 1.15. The lowest BCUT2D eigenvalue weighted by atomic mass is 10.1. The fraction of sp³-hybridized carbons (Fsp3) is 0.167. The molecular formula is C24H24N2O6S. The first-order valence-corrected chi connectivity index (χ1v) is 12.0. The highest BCUT2D eigenvalue weighted by molar-refractivity contribution is 7.89. The Morgan fingerprint density at radius 2 is 1.21 bits per heavy atom. The maximum absolute atomic E-state index is 12.7. The van der Waals surface area contributed by atoms with Crippen LogP contribution in [0.3, 0.4) is 0 Å². The Labute approximate surface area is 192 Å². The van der Waals surface area contributed by atoms with Gasteiger partial charge in [0.2, 0.25) is 0 Å². The van der Waals surface area contributed by atoms with E-state index in [0.29, 0.717) is 39.6 Å². The van der Waals surface area contributed by atoms with Crippen LogP contribution >= 0.6 is 0 Å². The summed E-state index contributed by atoms with van der Waals surface area (Å²) in [5.74, 6) is -0.180. The van der Waals surface area contributed by atoms with Gasteiger partial charge in [-0.25, -0.2) is 8.42 Å². The predicted octanol–water partition coefficient (Wildman–Crippen LogP) is 3.75. The van der Waals surface area contributed by atoms with Crippen LogP contribution in [-0.2, 0) is 15.6 Å². The molecule has 9 heteroatoms. The van der Waals surface area contributed by atoms with Crippen molar-refractivity contribution in [3.63, 3.8) is 0 Å². The number of hydrogen-bond donors (Lipinski definition) is 2. The van der Waals surface area contributed by atoms with Crippen molar-refractivity contribution >= 4 is 33.0 Å². The van der Waals surface area contributed by atoms with Crippen molar-refractivity contribution in [2.24, 2.45) is 0 Å². The number of amides is 2. The highest BCUT2D eigenvalue weighted by atomic mass is 32.2. The summed E-state index contributed by atoms with van der Waals surface area (Å²) in [6, 6.07) is 18.1. The van der Waals surface area contributed by atoms with Crippen molar-refractivity contribution in [1.82, 2.24) is 0 Å². The molecule has 2 N–H and O–H groups in total. The van der Waals surface area contributed by atoms with Crippen LogP contribution in [0.4, 0.5) is 11.4 Å². The minimum Gasteiger partial charge on any atom is -0.494 e. The highest BCUT2D eigenvalue weighted by Crippen LogP contribution is 2.37. The van der Waals surface area contributed by atoms with Crippen LogP contribution in [0.25, 0.3) is 0 Å². The van der Waals surface area contributed by atoms with Crippen LogP contribution in [0.15, 0.2) is 66.7 Å². The summed E-state index contributed by atoms with van der Waals surface area (Å²) in [4.78, 5) is 25.3. The molecule has 33 heavy (non-hydrogen) atoms. The summed E-state index contributed by atoms with van der Waals surface area (Å²) in [5, 5.41) is 5.54. The topological polar surface area (TPSA) is 111 Å². The quantitative estimate of drug-likeness (QED) is 0.521. The van der Waals surface area contributed by atoms with Crippen LogP contribution < -0.4 is 20.1 Å². The second-order valence-electron chi connectivity index (χ2n) is 7.29. The Balaban J connectivity index is 1.81. The van der Waals surface area contributed by atoms with Gasteiger partial charge in [-0.05, 0) is 29.8 Å². The van der Waals surface area contributed by atoms with E-state index in [-0.39, 0.29) is 11.7 Å². The number of carbonyl (C=O) groups excluding carboxylic acids is 2. The van der Waals surface area contributed by atoms with Gasteiger partial charge in [0.15, 0.2) is 9.84 Å². The van der Waals surface area contributed by atoms with Gasteiger partial charge in [-0.1, -0.05) is 30.3 Å². The van der Waals surface area contributed by atoms with Gasteiger partial charge in [0.05, 0.1) is 31.3 Å². The molecule has 8 nitrogen and oxygen atoms in total. The maximum Gasteiger partial charge on any atom is 0.255 e. The third-order valence-electron chi connectivity index (χ3n) is 4.70. The molecule has 2 amide bonds. The number of benzene rings is 3. The number of hydrogen-bond acceptors (Lipinski definition) is 6. The van der Waals surface area contributed by atoms with Gasteiger partial charge < -0.3 is 20.1 Å². The number of anilines is 2. The van der Waals surface area contributed by atoms with E-state index in [1.54, 1.807) is 60.7 Å². The zero-order chi connectivity index (χ0) is 24.0.